The van der Waals surface area contributed by atoms with Crippen LogP contribution in [-0.4, -0.2) is 36.6 Å². The topological polar surface area (TPSA) is 76.1 Å². The lowest BCUT2D eigenvalue weighted by Gasteiger charge is -2.08. The number of carbonyl (C=O) groups is 1. The standard InChI is InChI=1S/C11H16N4O2/c1-12-8-5-9(13-6-10(16)17-2)15-11(14-8)7-3-4-7/h5,7H,3-4,6H2,1-2H3,(H2,12,13,14,15). The molecule has 1 aliphatic carbocycles. The second kappa shape index (κ2) is 4.99. The first-order valence-corrected chi connectivity index (χ1v) is 5.60. The van der Waals surface area contributed by atoms with Crippen LogP contribution in [0.4, 0.5) is 11.6 Å². The van der Waals surface area contributed by atoms with Gasteiger partial charge in [0.15, 0.2) is 0 Å². The first-order chi connectivity index (χ1) is 8.22. The molecule has 6 nitrogen and oxygen atoms in total. The number of nitrogens with zero attached hydrogens (tertiary/aromatic N) is 2. The molecule has 0 atom stereocenters. The predicted molar refractivity (Wildman–Crippen MR) is 64.1 cm³/mol. The normalized spacial score (nSPS) is 14.2. The van der Waals surface area contributed by atoms with Gasteiger partial charge in [-0.1, -0.05) is 0 Å². The van der Waals surface area contributed by atoms with Gasteiger partial charge in [0.2, 0.25) is 0 Å². The van der Waals surface area contributed by atoms with Crippen molar-refractivity contribution in [3.8, 4) is 0 Å². The lowest BCUT2D eigenvalue weighted by Crippen LogP contribution is -2.16. The van der Waals surface area contributed by atoms with Crippen molar-refractivity contribution in [2.45, 2.75) is 18.8 Å². The molecular weight excluding hydrogens is 220 g/mol. The van der Waals surface area contributed by atoms with Crippen LogP contribution in [0.5, 0.6) is 0 Å². The Morgan fingerprint density at radius 2 is 2.18 bits per heavy atom. The number of ether oxygens (including phenoxy) is 1. The highest BCUT2D eigenvalue weighted by atomic mass is 16.5. The van der Waals surface area contributed by atoms with E-state index in [1.807, 2.05) is 7.05 Å². The molecule has 6 heteroatoms. The molecule has 1 aliphatic rings. The Balaban J connectivity index is 2.09. The number of hydrogen-bond donors (Lipinski definition) is 2. The van der Waals surface area contributed by atoms with Gasteiger partial charge < -0.3 is 15.4 Å². The minimum atomic E-state index is -0.317. The summed E-state index contributed by atoms with van der Waals surface area (Å²) in [7, 11) is 3.17. The Labute approximate surface area is 99.8 Å². The molecule has 0 radical (unpaired) electrons. The quantitative estimate of drug-likeness (QED) is 0.742. The smallest absolute Gasteiger partial charge is 0.325 e. The second-order valence-corrected chi connectivity index (χ2v) is 3.95. The largest absolute Gasteiger partial charge is 0.468 e. The molecule has 1 heterocycles. The SMILES string of the molecule is CNc1cc(NCC(=O)OC)nc(C2CC2)n1. The molecule has 2 N–H and O–H groups in total. The van der Waals surface area contributed by atoms with Crippen LogP contribution in [0, 0.1) is 0 Å². The van der Waals surface area contributed by atoms with Gasteiger partial charge in [-0.2, -0.15) is 0 Å². The van der Waals surface area contributed by atoms with Gasteiger partial charge in [0.05, 0.1) is 7.11 Å². The van der Waals surface area contributed by atoms with Gasteiger partial charge in [-0.05, 0) is 12.8 Å². The Bertz CT molecular complexity index is 418. The zero-order valence-electron chi connectivity index (χ0n) is 9.99. The van der Waals surface area contributed by atoms with Crippen LogP contribution < -0.4 is 10.6 Å². The number of nitrogens with one attached hydrogen (secondary N) is 2. The number of anilines is 2. The van der Waals surface area contributed by atoms with E-state index in [4.69, 9.17) is 0 Å². The molecule has 0 bridgehead atoms. The van der Waals surface area contributed by atoms with Gasteiger partial charge in [0, 0.05) is 19.0 Å². The molecular formula is C11H16N4O2. The summed E-state index contributed by atoms with van der Waals surface area (Å²) in [6.07, 6.45) is 2.28. The molecule has 0 amide bonds. The van der Waals surface area contributed by atoms with Gasteiger partial charge >= 0.3 is 5.97 Å². The Hall–Kier alpha value is -1.85. The summed E-state index contributed by atoms with van der Waals surface area (Å²) in [6.45, 7) is 0.112. The van der Waals surface area contributed by atoms with Crippen molar-refractivity contribution >= 4 is 17.6 Å². The van der Waals surface area contributed by atoms with E-state index in [2.05, 4.69) is 25.3 Å². The first-order valence-electron chi connectivity index (χ1n) is 5.60. The van der Waals surface area contributed by atoms with Gasteiger partial charge in [-0.3, -0.25) is 4.79 Å². The molecule has 0 spiro atoms. The third kappa shape index (κ3) is 3.05. The van der Waals surface area contributed by atoms with Crippen molar-refractivity contribution in [1.29, 1.82) is 0 Å². The number of methoxy groups -OCH3 is 1. The van der Waals surface area contributed by atoms with E-state index < -0.39 is 0 Å². The molecule has 0 aliphatic heterocycles. The van der Waals surface area contributed by atoms with Crippen molar-refractivity contribution in [3.05, 3.63) is 11.9 Å². The summed E-state index contributed by atoms with van der Waals surface area (Å²) >= 11 is 0. The van der Waals surface area contributed by atoms with Crippen molar-refractivity contribution in [2.24, 2.45) is 0 Å². The Morgan fingerprint density at radius 1 is 1.47 bits per heavy atom. The fourth-order valence-electron chi connectivity index (χ4n) is 1.44. The maximum atomic E-state index is 11.0. The van der Waals surface area contributed by atoms with E-state index in [9.17, 15) is 4.79 Å². The number of hydrogen-bond acceptors (Lipinski definition) is 6. The van der Waals surface area contributed by atoms with E-state index >= 15 is 0 Å². The summed E-state index contributed by atoms with van der Waals surface area (Å²) in [4.78, 5) is 19.8. The maximum Gasteiger partial charge on any atom is 0.325 e. The fourth-order valence-corrected chi connectivity index (χ4v) is 1.44. The molecule has 0 saturated heterocycles. The number of rotatable bonds is 5. The molecule has 1 aromatic heterocycles. The summed E-state index contributed by atoms with van der Waals surface area (Å²) in [5, 5.41) is 5.91. The average Bonchev–Trinajstić information content (AvgIpc) is 3.19. The zero-order chi connectivity index (χ0) is 12.3. The van der Waals surface area contributed by atoms with Crippen molar-refractivity contribution in [1.82, 2.24) is 9.97 Å². The fraction of sp³-hybridized carbons (Fsp3) is 0.545. The number of esters is 1. The van der Waals surface area contributed by atoms with Crippen molar-refractivity contribution in [2.75, 3.05) is 31.3 Å². The van der Waals surface area contributed by atoms with E-state index in [1.165, 1.54) is 7.11 Å². The highest BCUT2D eigenvalue weighted by Crippen LogP contribution is 2.38. The minimum Gasteiger partial charge on any atom is -0.468 e. The van der Waals surface area contributed by atoms with Gasteiger partial charge in [-0.25, -0.2) is 9.97 Å². The van der Waals surface area contributed by atoms with Crippen LogP contribution in [-0.2, 0) is 9.53 Å². The predicted octanol–water partition coefficient (Wildman–Crippen LogP) is 0.981. The van der Waals surface area contributed by atoms with E-state index in [0.29, 0.717) is 11.7 Å². The molecule has 1 saturated carbocycles. The molecule has 17 heavy (non-hydrogen) atoms. The monoisotopic (exact) mass is 236 g/mol. The molecule has 0 unspecified atom stereocenters. The molecule has 1 fully saturated rings. The Kier molecular flexibility index (Phi) is 3.41. The summed E-state index contributed by atoms with van der Waals surface area (Å²) < 4.78 is 4.56. The zero-order valence-corrected chi connectivity index (χ0v) is 9.99. The molecule has 1 aromatic rings. The number of carbonyl (C=O) groups excluding carboxylic acids is 1. The lowest BCUT2D eigenvalue weighted by atomic mass is 10.3. The van der Waals surface area contributed by atoms with E-state index in [0.717, 1.165) is 24.5 Å². The Morgan fingerprint density at radius 3 is 2.76 bits per heavy atom. The summed E-state index contributed by atoms with van der Waals surface area (Å²) in [6, 6.07) is 1.77. The summed E-state index contributed by atoms with van der Waals surface area (Å²) in [5.74, 6) is 2.40. The highest BCUT2D eigenvalue weighted by Gasteiger charge is 2.27. The van der Waals surface area contributed by atoms with Crippen LogP contribution in [0.15, 0.2) is 6.07 Å². The van der Waals surface area contributed by atoms with Crippen LogP contribution in [0.25, 0.3) is 0 Å². The third-order valence-corrected chi connectivity index (χ3v) is 2.58. The van der Waals surface area contributed by atoms with Gasteiger partial charge in [-0.15, -0.1) is 0 Å². The van der Waals surface area contributed by atoms with E-state index in [-0.39, 0.29) is 12.5 Å². The third-order valence-electron chi connectivity index (χ3n) is 2.58. The maximum absolute atomic E-state index is 11.0. The van der Waals surface area contributed by atoms with Crippen molar-refractivity contribution < 1.29 is 9.53 Å². The van der Waals surface area contributed by atoms with Crippen LogP contribution in [0.2, 0.25) is 0 Å². The second-order valence-electron chi connectivity index (χ2n) is 3.95. The lowest BCUT2D eigenvalue weighted by molar-refractivity contribution is -0.138. The van der Waals surface area contributed by atoms with Crippen LogP contribution >= 0.6 is 0 Å². The molecule has 2 rings (SSSR count). The van der Waals surface area contributed by atoms with Crippen LogP contribution in [0.1, 0.15) is 24.6 Å². The van der Waals surface area contributed by atoms with Crippen molar-refractivity contribution in [3.63, 3.8) is 0 Å². The van der Waals surface area contributed by atoms with Gasteiger partial charge in [0.1, 0.15) is 24.0 Å². The average molecular weight is 236 g/mol. The number of aromatic nitrogens is 2. The highest BCUT2D eigenvalue weighted by molar-refractivity contribution is 5.74. The van der Waals surface area contributed by atoms with E-state index in [1.54, 1.807) is 6.07 Å². The first kappa shape index (κ1) is 11.6. The van der Waals surface area contributed by atoms with Crippen LogP contribution in [0.3, 0.4) is 0 Å². The molecule has 0 aromatic carbocycles. The minimum absolute atomic E-state index is 0.112. The summed E-state index contributed by atoms with van der Waals surface area (Å²) in [5.41, 5.74) is 0. The molecule has 92 valence electrons. The van der Waals surface area contributed by atoms with Gasteiger partial charge in [0.25, 0.3) is 0 Å².